The minimum Gasteiger partial charge on any atom is -0.376 e. The van der Waals surface area contributed by atoms with Crippen molar-refractivity contribution in [2.45, 2.75) is 37.7 Å². The van der Waals surface area contributed by atoms with E-state index in [1.807, 2.05) is 35.4 Å². The Hall–Kier alpha value is -1.89. The van der Waals surface area contributed by atoms with E-state index in [1.165, 1.54) is 5.56 Å². The molecule has 0 N–H and O–H groups in total. The first-order chi connectivity index (χ1) is 13.6. The monoisotopic (exact) mass is 412 g/mol. The second-order valence-corrected chi connectivity index (χ2v) is 9.01. The van der Waals surface area contributed by atoms with Crippen molar-refractivity contribution in [2.24, 2.45) is 0 Å². The summed E-state index contributed by atoms with van der Waals surface area (Å²) < 4.78 is 6.99. The van der Waals surface area contributed by atoms with Gasteiger partial charge in [0.2, 0.25) is 0 Å². The van der Waals surface area contributed by atoms with Gasteiger partial charge in [0.1, 0.15) is 0 Å². The zero-order valence-corrected chi connectivity index (χ0v) is 18.0. The maximum absolute atomic E-state index is 13.5. The Balaban J connectivity index is 1.75. The fraction of sp³-hybridized carbons (Fsp3) is 0.364. The van der Waals surface area contributed by atoms with Gasteiger partial charge >= 0.3 is 0 Å². The van der Waals surface area contributed by atoms with E-state index in [2.05, 4.69) is 26.0 Å². The summed E-state index contributed by atoms with van der Waals surface area (Å²) >= 11 is 3.24. The summed E-state index contributed by atoms with van der Waals surface area (Å²) in [6.45, 7) is 5.48. The van der Waals surface area contributed by atoms with Crippen LogP contribution >= 0.6 is 23.1 Å². The number of hydrogen-bond acceptors (Lipinski definition) is 5. The lowest BCUT2D eigenvalue weighted by molar-refractivity contribution is 0.0917. The van der Waals surface area contributed by atoms with Crippen LogP contribution in [0.2, 0.25) is 0 Å². The number of nitrogens with zero attached hydrogens (tertiary/aromatic N) is 2. The second-order valence-electron chi connectivity index (χ2n) is 7.16. The largest absolute Gasteiger partial charge is 0.376 e. The molecule has 1 saturated heterocycles. The van der Waals surface area contributed by atoms with Crippen LogP contribution in [0.15, 0.2) is 41.3 Å². The van der Waals surface area contributed by atoms with Crippen molar-refractivity contribution in [1.29, 1.82) is 0 Å². The van der Waals surface area contributed by atoms with Gasteiger partial charge in [-0.25, -0.2) is 4.98 Å². The normalized spacial score (nSPS) is 16.6. The lowest BCUT2D eigenvalue weighted by atomic mass is 10.1. The van der Waals surface area contributed by atoms with E-state index in [0.717, 1.165) is 45.3 Å². The number of fused-ring (bicyclic) bond motifs is 1. The summed E-state index contributed by atoms with van der Waals surface area (Å²) in [6, 6.07) is 12.0. The Morgan fingerprint density at radius 2 is 2.11 bits per heavy atom. The van der Waals surface area contributed by atoms with E-state index in [0.29, 0.717) is 12.1 Å². The van der Waals surface area contributed by atoms with E-state index in [1.54, 1.807) is 23.1 Å². The molecule has 1 atom stereocenters. The lowest BCUT2D eigenvalue weighted by Gasteiger charge is -2.23. The maximum Gasteiger partial charge on any atom is 0.260 e. The molecule has 0 aliphatic carbocycles. The summed E-state index contributed by atoms with van der Waals surface area (Å²) in [5.74, 6) is -0.0132. The van der Waals surface area contributed by atoms with Gasteiger partial charge in [0.05, 0.1) is 22.9 Å². The standard InChI is InChI=1S/C22H24N2O2S2/c1-14-9-10-15(2)20-19(14)23-22(28-20)24(13-17-7-5-11-26-17)21(25)16-6-4-8-18(12-16)27-3/h4,6,8-10,12,17H,5,7,11,13H2,1-3H3/t17-/m1/s1. The van der Waals surface area contributed by atoms with Crippen molar-refractivity contribution in [3.8, 4) is 0 Å². The summed E-state index contributed by atoms with van der Waals surface area (Å²) in [6.07, 6.45) is 4.12. The molecule has 146 valence electrons. The van der Waals surface area contributed by atoms with Gasteiger partial charge in [0, 0.05) is 17.1 Å². The molecule has 1 fully saturated rings. The molecule has 1 amide bonds. The smallest absolute Gasteiger partial charge is 0.260 e. The number of hydrogen-bond donors (Lipinski definition) is 0. The Bertz CT molecular complexity index is 970. The summed E-state index contributed by atoms with van der Waals surface area (Å²) in [5, 5.41) is 0.752. The fourth-order valence-corrected chi connectivity index (χ4v) is 5.09. The third-order valence-corrected chi connectivity index (χ3v) is 7.07. The van der Waals surface area contributed by atoms with Crippen molar-refractivity contribution in [3.05, 3.63) is 53.1 Å². The number of thiazole rings is 1. The molecule has 0 spiro atoms. The van der Waals surface area contributed by atoms with E-state index in [9.17, 15) is 4.79 Å². The first kappa shape index (κ1) is 19.4. The van der Waals surface area contributed by atoms with Crippen LogP contribution in [-0.4, -0.2) is 36.4 Å². The first-order valence-corrected chi connectivity index (χ1v) is 11.5. The topological polar surface area (TPSA) is 42.4 Å². The number of carbonyl (C=O) groups excluding carboxylic acids is 1. The average Bonchev–Trinajstić information content (AvgIpc) is 3.39. The second kappa shape index (κ2) is 8.23. The Kier molecular flexibility index (Phi) is 5.71. The van der Waals surface area contributed by atoms with Gasteiger partial charge in [-0.05, 0) is 62.3 Å². The fourth-order valence-electron chi connectivity index (χ4n) is 3.52. The number of benzene rings is 2. The summed E-state index contributed by atoms with van der Waals surface area (Å²) in [7, 11) is 0. The van der Waals surface area contributed by atoms with Crippen LogP contribution in [0.5, 0.6) is 0 Å². The van der Waals surface area contributed by atoms with Crippen LogP contribution < -0.4 is 4.90 Å². The molecule has 0 radical (unpaired) electrons. The van der Waals surface area contributed by atoms with Crippen molar-refractivity contribution >= 4 is 44.4 Å². The molecule has 1 aromatic heterocycles. The Morgan fingerprint density at radius 3 is 2.82 bits per heavy atom. The molecule has 4 rings (SSSR count). The van der Waals surface area contributed by atoms with E-state index in [-0.39, 0.29) is 12.0 Å². The molecular weight excluding hydrogens is 388 g/mol. The number of rotatable bonds is 5. The van der Waals surface area contributed by atoms with Crippen LogP contribution in [0, 0.1) is 13.8 Å². The van der Waals surface area contributed by atoms with Crippen molar-refractivity contribution in [2.75, 3.05) is 24.3 Å². The predicted octanol–water partition coefficient (Wildman–Crippen LogP) is 5.46. The molecule has 2 aromatic carbocycles. The zero-order valence-electron chi connectivity index (χ0n) is 16.4. The highest BCUT2D eigenvalue weighted by atomic mass is 32.2. The first-order valence-electron chi connectivity index (χ1n) is 9.51. The van der Waals surface area contributed by atoms with Gasteiger partial charge < -0.3 is 4.74 Å². The van der Waals surface area contributed by atoms with Gasteiger partial charge in [0.15, 0.2) is 5.13 Å². The van der Waals surface area contributed by atoms with Crippen LogP contribution in [0.4, 0.5) is 5.13 Å². The SMILES string of the molecule is CSc1cccc(C(=O)N(C[C@H]2CCCO2)c2nc3c(C)ccc(C)c3s2)c1. The minimum atomic E-state index is -0.0132. The highest BCUT2D eigenvalue weighted by Crippen LogP contribution is 2.34. The van der Waals surface area contributed by atoms with Crippen LogP contribution in [0.1, 0.15) is 34.3 Å². The lowest BCUT2D eigenvalue weighted by Crippen LogP contribution is -2.37. The zero-order chi connectivity index (χ0) is 19.7. The third-order valence-electron chi connectivity index (χ3n) is 5.13. The number of aryl methyl sites for hydroxylation is 2. The quantitative estimate of drug-likeness (QED) is 0.522. The van der Waals surface area contributed by atoms with E-state index >= 15 is 0 Å². The number of ether oxygens (including phenoxy) is 1. The Labute approximate surface area is 173 Å². The van der Waals surface area contributed by atoms with Crippen LogP contribution in [0.25, 0.3) is 10.2 Å². The molecule has 0 bridgehead atoms. The average molecular weight is 413 g/mol. The number of thioether (sulfide) groups is 1. The molecule has 1 aliphatic heterocycles. The van der Waals surface area contributed by atoms with Gasteiger partial charge in [-0.2, -0.15) is 0 Å². The summed E-state index contributed by atoms with van der Waals surface area (Å²) in [5.41, 5.74) is 4.01. The summed E-state index contributed by atoms with van der Waals surface area (Å²) in [4.78, 5) is 21.2. The number of amides is 1. The van der Waals surface area contributed by atoms with Gasteiger partial charge in [0.25, 0.3) is 5.91 Å². The highest BCUT2D eigenvalue weighted by molar-refractivity contribution is 7.98. The third kappa shape index (κ3) is 3.81. The van der Waals surface area contributed by atoms with Crippen molar-refractivity contribution < 1.29 is 9.53 Å². The van der Waals surface area contributed by atoms with Crippen LogP contribution in [0.3, 0.4) is 0 Å². The molecule has 28 heavy (non-hydrogen) atoms. The number of anilines is 1. The highest BCUT2D eigenvalue weighted by Gasteiger charge is 2.27. The number of aromatic nitrogens is 1. The molecular formula is C22H24N2O2S2. The van der Waals surface area contributed by atoms with E-state index < -0.39 is 0 Å². The molecule has 6 heteroatoms. The molecule has 3 aromatic rings. The molecule has 4 nitrogen and oxygen atoms in total. The van der Waals surface area contributed by atoms with Gasteiger partial charge in [-0.15, -0.1) is 11.8 Å². The van der Waals surface area contributed by atoms with Crippen molar-refractivity contribution in [1.82, 2.24) is 4.98 Å². The van der Waals surface area contributed by atoms with Gasteiger partial charge in [-0.1, -0.05) is 29.5 Å². The van der Waals surface area contributed by atoms with Crippen molar-refractivity contribution in [3.63, 3.8) is 0 Å². The Morgan fingerprint density at radius 1 is 1.29 bits per heavy atom. The maximum atomic E-state index is 13.5. The molecule has 2 heterocycles. The molecule has 0 unspecified atom stereocenters. The van der Waals surface area contributed by atoms with Gasteiger partial charge in [-0.3, -0.25) is 9.69 Å². The van der Waals surface area contributed by atoms with Crippen LogP contribution in [-0.2, 0) is 4.74 Å². The molecule has 0 saturated carbocycles. The van der Waals surface area contributed by atoms with E-state index in [4.69, 9.17) is 9.72 Å². The minimum absolute atomic E-state index is 0.0132. The number of carbonyl (C=O) groups is 1. The predicted molar refractivity (Wildman–Crippen MR) is 118 cm³/mol. The molecule has 1 aliphatic rings.